The monoisotopic (exact) mass is 271 g/mol. The maximum Gasteiger partial charge on any atom is 0.165 e. The summed E-state index contributed by atoms with van der Waals surface area (Å²) in [6.07, 6.45) is 1.90. The molecule has 20 heavy (non-hydrogen) atoms. The molecule has 5 heteroatoms. The van der Waals surface area contributed by atoms with Gasteiger partial charge in [0.2, 0.25) is 0 Å². The van der Waals surface area contributed by atoms with Crippen molar-refractivity contribution in [2.45, 2.75) is 13.8 Å². The quantitative estimate of drug-likeness (QED) is 0.718. The van der Waals surface area contributed by atoms with Crippen LogP contribution in [0.25, 0.3) is 16.9 Å². The van der Waals surface area contributed by atoms with Gasteiger partial charge in [-0.05, 0) is 37.6 Å². The van der Waals surface area contributed by atoms with Crippen molar-refractivity contribution < 1.29 is 9.13 Å². The predicted octanol–water partition coefficient (Wildman–Crippen LogP) is 3.16. The molecular formula is C15H14FN3O. The van der Waals surface area contributed by atoms with Crippen LogP contribution in [0.15, 0.2) is 30.5 Å². The van der Waals surface area contributed by atoms with E-state index in [4.69, 9.17) is 4.74 Å². The molecule has 0 fully saturated rings. The molecular weight excluding hydrogens is 257 g/mol. The van der Waals surface area contributed by atoms with Crippen LogP contribution >= 0.6 is 0 Å². The highest BCUT2D eigenvalue weighted by atomic mass is 19.1. The van der Waals surface area contributed by atoms with Crippen LogP contribution in [0.3, 0.4) is 0 Å². The lowest BCUT2D eigenvalue weighted by Crippen LogP contribution is -1.97. The average Bonchev–Trinajstić information content (AvgIpc) is 2.76. The molecule has 3 aromatic rings. The highest BCUT2D eigenvalue weighted by Gasteiger charge is 2.10. The van der Waals surface area contributed by atoms with Gasteiger partial charge >= 0.3 is 0 Å². The smallest absolute Gasteiger partial charge is 0.165 e. The molecule has 0 spiro atoms. The van der Waals surface area contributed by atoms with Crippen LogP contribution in [0, 0.1) is 19.7 Å². The third-order valence-electron chi connectivity index (χ3n) is 3.18. The lowest BCUT2D eigenvalue weighted by Gasteiger charge is -2.08. The van der Waals surface area contributed by atoms with E-state index in [-0.39, 0.29) is 5.75 Å². The molecule has 0 radical (unpaired) electrons. The molecule has 0 bridgehead atoms. The van der Waals surface area contributed by atoms with Crippen LogP contribution in [0.2, 0.25) is 0 Å². The second kappa shape index (κ2) is 4.59. The number of nitrogens with zero attached hydrogens (tertiary/aromatic N) is 3. The summed E-state index contributed by atoms with van der Waals surface area (Å²) >= 11 is 0. The van der Waals surface area contributed by atoms with Crippen molar-refractivity contribution in [3.8, 4) is 17.0 Å². The van der Waals surface area contributed by atoms with E-state index in [1.807, 2.05) is 26.1 Å². The molecule has 1 aromatic carbocycles. The standard InChI is InChI=1S/C15H14FN3O/c1-9-8-19-14(6-10(2)18-19)17-15(9)11-4-5-13(20-3)12(16)7-11/h4-8H,1-3H3. The van der Waals surface area contributed by atoms with Gasteiger partial charge in [0.25, 0.3) is 0 Å². The number of benzene rings is 1. The Morgan fingerprint density at radius 1 is 1.20 bits per heavy atom. The number of hydrogen-bond donors (Lipinski definition) is 0. The summed E-state index contributed by atoms with van der Waals surface area (Å²) in [7, 11) is 1.45. The van der Waals surface area contributed by atoms with E-state index >= 15 is 0 Å². The van der Waals surface area contributed by atoms with E-state index in [9.17, 15) is 4.39 Å². The van der Waals surface area contributed by atoms with Gasteiger partial charge in [0.1, 0.15) is 0 Å². The van der Waals surface area contributed by atoms with E-state index in [2.05, 4.69) is 10.1 Å². The van der Waals surface area contributed by atoms with E-state index in [1.165, 1.54) is 13.2 Å². The molecule has 4 nitrogen and oxygen atoms in total. The molecule has 2 aromatic heterocycles. The first kappa shape index (κ1) is 12.6. The summed E-state index contributed by atoms with van der Waals surface area (Å²) in [4.78, 5) is 4.56. The number of fused-ring (bicyclic) bond motifs is 1. The van der Waals surface area contributed by atoms with Crippen LogP contribution in [-0.2, 0) is 0 Å². The van der Waals surface area contributed by atoms with E-state index < -0.39 is 5.82 Å². The maximum absolute atomic E-state index is 13.8. The van der Waals surface area contributed by atoms with Crippen molar-refractivity contribution in [3.05, 3.63) is 47.5 Å². The molecule has 0 aliphatic rings. The molecule has 0 amide bonds. The molecule has 0 aliphatic heterocycles. The summed E-state index contributed by atoms with van der Waals surface area (Å²) < 4.78 is 20.5. The summed E-state index contributed by atoms with van der Waals surface area (Å²) in [6, 6.07) is 6.74. The van der Waals surface area contributed by atoms with Gasteiger partial charge in [-0.1, -0.05) is 0 Å². The Morgan fingerprint density at radius 2 is 2.00 bits per heavy atom. The SMILES string of the molecule is COc1ccc(-c2nc3cc(C)nn3cc2C)cc1F. The Morgan fingerprint density at radius 3 is 2.70 bits per heavy atom. The average molecular weight is 271 g/mol. The number of methoxy groups -OCH3 is 1. The zero-order chi connectivity index (χ0) is 14.3. The zero-order valence-corrected chi connectivity index (χ0v) is 11.5. The van der Waals surface area contributed by atoms with E-state index in [1.54, 1.807) is 16.6 Å². The van der Waals surface area contributed by atoms with Crippen molar-refractivity contribution in [2.24, 2.45) is 0 Å². The van der Waals surface area contributed by atoms with Gasteiger partial charge in [-0.2, -0.15) is 5.10 Å². The molecule has 2 heterocycles. The minimum atomic E-state index is -0.393. The summed E-state index contributed by atoms with van der Waals surface area (Å²) in [5.74, 6) is -0.163. The van der Waals surface area contributed by atoms with Crippen LogP contribution in [0.4, 0.5) is 4.39 Å². The maximum atomic E-state index is 13.8. The minimum Gasteiger partial charge on any atom is -0.494 e. The molecule has 3 rings (SSSR count). The van der Waals surface area contributed by atoms with E-state index in [0.717, 1.165) is 28.2 Å². The topological polar surface area (TPSA) is 39.4 Å². The Labute approximate surface area is 115 Å². The third-order valence-corrected chi connectivity index (χ3v) is 3.18. The van der Waals surface area contributed by atoms with Crippen molar-refractivity contribution in [1.29, 1.82) is 0 Å². The first-order valence-corrected chi connectivity index (χ1v) is 6.26. The number of rotatable bonds is 2. The molecule has 102 valence electrons. The second-order valence-electron chi connectivity index (χ2n) is 4.71. The predicted molar refractivity (Wildman–Crippen MR) is 74.4 cm³/mol. The first-order chi connectivity index (χ1) is 9.58. The molecule has 0 atom stereocenters. The molecule has 0 saturated carbocycles. The summed E-state index contributed by atoms with van der Waals surface area (Å²) in [5, 5.41) is 4.31. The Balaban J connectivity index is 2.17. The number of halogens is 1. The van der Waals surface area contributed by atoms with Crippen molar-refractivity contribution >= 4 is 5.65 Å². The van der Waals surface area contributed by atoms with Crippen LogP contribution in [-0.4, -0.2) is 21.7 Å². The Hall–Kier alpha value is -2.43. The fourth-order valence-electron chi connectivity index (χ4n) is 2.23. The number of aryl methyl sites for hydroxylation is 2. The van der Waals surface area contributed by atoms with Crippen LogP contribution < -0.4 is 4.74 Å². The van der Waals surface area contributed by atoms with Gasteiger partial charge in [0.05, 0.1) is 18.5 Å². The lowest BCUT2D eigenvalue weighted by molar-refractivity contribution is 0.386. The first-order valence-electron chi connectivity index (χ1n) is 6.26. The van der Waals surface area contributed by atoms with Crippen molar-refractivity contribution in [3.63, 3.8) is 0 Å². The normalized spacial score (nSPS) is 11.0. The summed E-state index contributed by atoms with van der Waals surface area (Å²) in [6.45, 7) is 3.84. The van der Waals surface area contributed by atoms with Crippen LogP contribution in [0.5, 0.6) is 5.75 Å². The molecule has 0 N–H and O–H groups in total. The second-order valence-corrected chi connectivity index (χ2v) is 4.71. The number of aromatic nitrogens is 3. The molecule has 0 aliphatic carbocycles. The van der Waals surface area contributed by atoms with Gasteiger partial charge < -0.3 is 4.74 Å². The number of hydrogen-bond acceptors (Lipinski definition) is 3. The minimum absolute atomic E-state index is 0.229. The molecule has 0 saturated heterocycles. The van der Waals surface area contributed by atoms with E-state index in [0.29, 0.717) is 0 Å². The van der Waals surface area contributed by atoms with Crippen molar-refractivity contribution in [1.82, 2.24) is 14.6 Å². The molecule has 0 unspecified atom stereocenters. The van der Waals surface area contributed by atoms with Gasteiger partial charge in [-0.3, -0.25) is 0 Å². The van der Waals surface area contributed by atoms with Gasteiger partial charge in [0, 0.05) is 17.8 Å². The third kappa shape index (κ3) is 2.01. The summed E-state index contributed by atoms with van der Waals surface area (Å²) in [5.41, 5.74) is 4.06. The zero-order valence-electron chi connectivity index (χ0n) is 11.5. The fraction of sp³-hybridized carbons (Fsp3) is 0.200. The number of ether oxygens (including phenoxy) is 1. The largest absolute Gasteiger partial charge is 0.494 e. The van der Waals surface area contributed by atoms with Gasteiger partial charge in [-0.25, -0.2) is 13.9 Å². The highest BCUT2D eigenvalue weighted by Crippen LogP contribution is 2.26. The Bertz CT molecular complexity index is 795. The Kier molecular flexibility index (Phi) is 2.89. The lowest BCUT2D eigenvalue weighted by atomic mass is 10.1. The van der Waals surface area contributed by atoms with Gasteiger partial charge in [-0.15, -0.1) is 0 Å². The van der Waals surface area contributed by atoms with Crippen LogP contribution in [0.1, 0.15) is 11.3 Å². The van der Waals surface area contributed by atoms with Gasteiger partial charge in [0.15, 0.2) is 17.2 Å². The fourth-order valence-corrected chi connectivity index (χ4v) is 2.23. The highest BCUT2D eigenvalue weighted by molar-refractivity contribution is 5.66. The van der Waals surface area contributed by atoms with Crippen molar-refractivity contribution in [2.75, 3.05) is 7.11 Å².